The number of aromatic amines is 1. The molecule has 0 aliphatic heterocycles. The van der Waals surface area contributed by atoms with Gasteiger partial charge in [-0.1, -0.05) is 6.92 Å². The zero-order chi connectivity index (χ0) is 9.42. The molecule has 1 heterocycles. The molecule has 2 rings (SSSR count). The number of rotatable bonds is 3. The second-order valence-electron chi connectivity index (χ2n) is 3.76. The number of hydrogen-bond donors (Lipinski definition) is 1. The van der Waals surface area contributed by atoms with E-state index in [9.17, 15) is 0 Å². The Morgan fingerprint density at radius 1 is 1.69 bits per heavy atom. The second kappa shape index (κ2) is 3.25. The van der Waals surface area contributed by atoms with Crippen molar-refractivity contribution in [3.8, 4) is 0 Å². The van der Waals surface area contributed by atoms with Crippen molar-refractivity contribution >= 4 is 12.2 Å². The van der Waals surface area contributed by atoms with E-state index in [2.05, 4.69) is 28.6 Å². The molecule has 0 bridgehead atoms. The fourth-order valence-electron chi connectivity index (χ4n) is 1.79. The minimum atomic E-state index is 0.563. The van der Waals surface area contributed by atoms with Gasteiger partial charge in [0, 0.05) is 12.5 Å². The summed E-state index contributed by atoms with van der Waals surface area (Å²) in [6.07, 6.45) is 2.70. The van der Waals surface area contributed by atoms with Crippen LogP contribution >= 0.6 is 12.2 Å². The Bertz CT molecular complexity index is 348. The average molecular weight is 197 g/mol. The van der Waals surface area contributed by atoms with E-state index in [0.717, 1.165) is 23.1 Å². The summed E-state index contributed by atoms with van der Waals surface area (Å²) >= 11 is 5.14. The molecule has 1 aromatic heterocycles. The largest absolute Gasteiger partial charge is 0.304 e. The van der Waals surface area contributed by atoms with Crippen LogP contribution in [0.2, 0.25) is 0 Å². The normalized spacial score (nSPS) is 18.9. The van der Waals surface area contributed by atoms with Crippen LogP contribution in [-0.4, -0.2) is 14.8 Å². The van der Waals surface area contributed by atoms with Crippen LogP contribution in [0, 0.1) is 10.7 Å². The van der Waals surface area contributed by atoms with E-state index in [-0.39, 0.29) is 0 Å². The summed E-state index contributed by atoms with van der Waals surface area (Å²) in [6, 6.07) is 0. The maximum absolute atomic E-state index is 5.14. The SMILES string of the molecule is CCn1c(C(C)C2CC2)n[nH]c1=S. The van der Waals surface area contributed by atoms with Gasteiger partial charge in [-0.3, -0.25) is 5.10 Å². The third-order valence-electron chi connectivity index (χ3n) is 2.84. The summed E-state index contributed by atoms with van der Waals surface area (Å²) in [5.41, 5.74) is 0. The van der Waals surface area contributed by atoms with Gasteiger partial charge in [-0.05, 0) is 37.9 Å². The van der Waals surface area contributed by atoms with Gasteiger partial charge in [0.05, 0.1) is 0 Å². The second-order valence-corrected chi connectivity index (χ2v) is 4.14. The van der Waals surface area contributed by atoms with Crippen molar-refractivity contribution in [3.05, 3.63) is 10.6 Å². The first-order chi connectivity index (χ1) is 6.24. The lowest BCUT2D eigenvalue weighted by atomic mass is 10.1. The van der Waals surface area contributed by atoms with Crippen molar-refractivity contribution in [2.75, 3.05) is 0 Å². The predicted octanol–water partition coefficient (Wildman–Crippen LogP) is 2.47. The molecular weight excluding hydrogens is 182 g/mol. The van der Waals surface area contributed by atoms with Gasteiger partial charge < -0.3 is 4.57 Å². The molecule has 0 saturated heterocycles. The fraction of sp³-hybridized carbons (Fsp3) is 0.778. The molecule has 1 atom stereocenters. The smallest absolute Gasteiger partial charge is 0.195 e. The van der Waals surface area contributed by atoms with Crippen molar-refractivity contribution in [1.82, 2.24) is 14.8 Å². The molecule has 72 valence electrons. The van der Waals surface area contributed by atoms with Crippen molar-refractivity contribution in [1.29, 1.82) is 0 Å². The molecule has 1 saturated carbocycles. The van der Waals surface area contributed by atoms with Gasteiger partial charge in [-0.2, -0.15) is 5.10 Å². The molecule has 4 heteroatoms. The van der Waals surface area contributed by atoms with Gasteiger partial charge >= 0.3 is 0 Å². The van der Waals surface area contributed by atoms with E-state index in [1.165, 1.54) is 12.8 Å². The van der Waals surface area contributed by atoms with Gasteiger partial charge in [-0.15, -0.1) is 0 Å². The van der Waals surface area contributed by atoms with Crippen LogP contribution in [0.1, 0.15) is 38.4 Å². The minimum Gasteiger partial charge on any atom is -0.304 e. The molecule has 1 unspecified atom stereocenters. The first-order valence-electron chi connectivity index (χ1n) is 4.89. The summed E-state index contributed by atoms with van der Waals surface area (Å²) in [7, 11) is 0. The predicted molar refractivity (Wildman–Crippen MR) is 54.2 cm³/mol. The summed E-state index contributed by atoms with van der Waals surface area (Å²) in [5, 5.41) is 7.16. The van der Waals surface area contributed by atoms with Gasteiger partial charge in [0.25, 0.3) is 0 Å². The molecule has 0 spiro atoms. The maximum Gasteiger partial charge on any atom is 0.195 e. The van der Waals surface area contributed by atoms with E-state index in [1.54, 1.807) is 0 Å². The van der Waals surface area contributed by atoms with Crippen LogP contribution in [0.4, 0.5) is 0 Å². The quantitative estimate of drug-likeness (QED) is 0.755. The summed E-state index contributed by atoms with van der Waals surface area (Å²) in [4.78, 5) is 0. The maximum atomic E-state index is 5.14. The Labute approximate surface area is 83.2 Å². The van der Waals surface area contributed by atoms with Crippen molar-refractivity contribution in [2.24, 2.45) is 5.92 Å². The highest BCUT2D eigenvalue weighted by molar-refractivity contribution is 7.71. The van der Waals surface area contributed by atoms with Crippen LogP contribution in [-0.2, 0) is 6.54 Å². The summed E-state index contributed by atoms with van der Waals surface area (Å²) in [6.45, 7) is 5.27. The standard InChI is InChI=1S/C9H15N3S/c1-3-12-8(10-11-9(12)13)6(2)7-4-5-7/h6-7H,3-5H2,1-2H3,(H,11,13). The van der Waals surface area contributed by atoms with Crippen molar-refractivity contribution < 1.29 is 0 Å². The van der Waals surface area contributed by atoms with E-state index < -0.39 is 0 Å². The number of hydrogen-bond acceptors (Lipinski definition) is 2. The van der Waals surface area contributed by atoms with Crippen LogP contribution in [0.25, 0.3) is 0 Å². The molecule has 3 nitrogen and oxygen atoms in total. The zero-order valence-corrected chi connectivity index (χ0v) is 8.90. The van der Waals surface area contributed by atoms with Gasteiger partial charge in [-0.25, -0.2) is 0 Å². The topological polar surface area (TPSA) is 33.6 Å². The Balaban J connectivity index is 2.32. The van der Waals surface area contributed by atoms with Crippen LogP contribution in [0.5, 0.6) is 0 Å². The van der Waals surface area contributed by atoms with Crippen molar-refractivity contribution in [3.63, 3.8) is 0 Å². The summed E-state index contributed by atoms with van der Waals surface area (Å²) in [5.74, 6) is 2.54. The van der Waals surface area contributed by atoms with E-state index in [4.69, 9.17) is 12.2 Å². The molecule has 1 aromatic rings. The van der Waals surface area contributed by atoms with Crippen LogP contribution in [0.15, 0.2) is 0 Å². The van der Waals surface area contributed by atoms with E-state index in [1.807, 2.05) is 0 Å². The third-order valence-corrected chi connectivity index (χ3v) is 3.15. The minimum absolute atomic E-state index is 0.563. The Hall–Kier alpha value is -0.640. The lowest BCUT2D eigenvalue weighted by molar-refractivity contribution is 0.568. The molecule has 1 N–H and O–H groups in total. The van der Waals surface area contributed by atoms with Crippen molar-refractivity contribution in [2.45, 2.75) is 39.2 Å². The average Bonchev–Trinajstić information content (AvgIpc) is 2.89. The molecule has 1 fully saturated rings. The molecule has 0 amide bonds. The monoisotopic (exact) mass is 197 g/mol. The number of nitrogens with zero attached hydrogens (tertiary/aromatic N) is 2. The van der Waals surface area contributed by atoms with E-state index in [0.29, 0.717) is 5.92 Å². The fourth-order valence-corrected chi connectivity index (χ4v) is 2.06. The number of H-pyrrole nitrogens is 1. The molecule has 1 aliphatic carbocycles. The zero-order valence-electron chi connectivity index (χ0n) is 8.08. The number of aromatic nitrogens is 3. The van der Waals surface area contributed by atoms with Gasteiger partial charge in [0.1, 0.15) is 5.82 Å². The highest BCUT2D eigenvalue weighted by atomic mass is 32.1. The Kier molecular flexibility index (Phi) is 2.24. The van der Waals surface area contributed by atoms with Crippen LogP contribution < -0.4 is 0 Å². The first-order valence-corrected chi connectivity index (χ1v) is 5.30. The molecular formula is C9H15N3S. The van der Waals surface area contributed by atoms with Gasteiger partial charge in [0.15, 0.2) is 4.77 Å². The van der Waals surface area contributed by atoms with Crippen LogP contribution in [0.3, 0.4) is 0 Å². The first kappa shape index (κ1) is 8.94. The molecule has 1 aliphatic rings. The highest BCUT2D eigenvalue weighted by Crippen LogP contribution is 2.41. The molecule has 0 aromatic carbocycles. The third kappa shape index (κ3) is 1.55. The Morgan fingerprint density at radius 2 is 2.38 bits per heavy atom. The molecule has 0 radical (unpaired) electrons. The number of nitrogens with one attached hydrogen (secondary N) is 1. The van der Waals surface area contributed by atoms with Gasteiger partial charge in [0.2, 0.25) is 0 Å². The highest BCUT2D eigenvalue weighted by Gasteiger charge is 2.31. The lowest BCUT2D eigenvalue weighted by Crippen LogP contribution is -2.07. The summed E-state index contributed by atoms with van der Waals surface area (Å²) < 4.78 is 2.85. The van der Waals surface area contributed by atoms with E-state index >= 15 is 0 Å². The lowest BCUT2D eigenvalue weighted by Gasteiger charge is -2.09. The molecule has 13 heavy (non-hydrogen) atoms. The Morgan fingerprint density at radius 3 is 2.92 bits per heavy atom.